The molecule has 86 valence electrons. The molecule has 1 rings (SSSR count). The first-order valence-corrected chi connectivity index (χ1v) is 6.69. The van der Waals surface area contributed by atoms with Crippen LogP contribution < -0.4 is 5.30 Å². The zero-order valence-corrected chi connectivity index (χ0v) is 10.7. The monoisotopic (exact) mass is 237 g/mol. The molecule has 0 heterocycles. The standard InChI is InChI=1S/C13H18O2P/c1-4-6-12-7-9-13(10-8-12)16(14)15-11(3)5-2/h4,7-11H,1,5-6H2,2-3H3/q+1. The molecule has 2 nitrogen and oxygen atoms in total. The van der Waals surface area contributed by atoms with Gasteiger partial charge in [-0.25, -0.2) is 0 Å². The molecule has 0 amide bonds. The summed E-state index contributed by atoms with van der Waals surface area (Å²) >= 11 is 0. The highest BCUT2D eigenvalue weighted by molar-refractivity contribution is 7.48. The van der Waals surface area contributed by atoms with Crippen molar-refractivity contribution in [2.24, 2.45) is 0 Å². The molecule has 2 unspecified atom stereocenters. The highest BCUT2D eigenvalue weighted by atomic mass is 31.1. The predicted octanol–water partition coefficient (Wildman–Crippen LogP) is 3.60. The fraction of sp³-hybridized carbons (Fsp3) is 0.385. The van der Waals surface area contributed by atoms with Gasteiger partial charge in [-0.3, -0.25) is 0 Å². The van der Waals surface area contributed by atoms with Crippen molar-refractivity contribution in [2.75, 3.05) is 0 Å². The first-order valence-electron chi connectivity index (χ1n) is 5.51. The van der Waals surface area contributed by atoms with Gasteiger partial charge in [0.1, 0.15) is 6.10 Å². The Kier molecular flexibility index (Phi) is 5.37. The smallest absolute Gasteiger partial charge is 0.139 e. The molecule has 0 N–H and O–H groups in total. The van der Waals surface area contributed by atoms with Gasteiger partial charge in [-0.15, -0.1) is 11.1 Å². The molecule has 1 aromatic rings. The number of benzene rings is 1. The zero-order valence-electron chi connectivity index (χ0n) is 9.85. The molecule has 16 heavy (non-hydrogen) atoms. The largest absolute Gasteiger partial charge is 0.548 e. The van der Waals surface area contributed by atoms with E-state index < -0.39 is 8.03 Å². The maximum absolute atomic E-state index is 11.8. The van der Waals surface area contributed by atoms with Crippen LogP contribution in [0.1, 0.15) is 25.8 Å². The normalized spacial score (nSPS) is 13.2. The molecule has 0 bridgehead atoms. The van der Waals surface area contributed by atoms with Crippen molar-refractivity contribution >= 4 is 13.3 Å². The van der Waals surface area contributed by atoms with E-state index in [1.807, 2.05) is 44.2 Å². The van der Waals surface area contributed by atoms with Crippen LogP contribution in [-0.2, 0) is 15.5 Å². The van der Waals surface area contributed by atoms with Crippen LogP contribution in [0.5, 0.6) is 0 Å². The number of allylic oxidation sites excluding steroid dienone is 1. The summed E-state index contributed by atoms with van der Waals surface area (Å²) < 4.78 is 17.2. The lowest BCUT2D eigenvalue weighted by Gasteiger charge is -1.99. The van der Waals surface area contributed by atoms with Crippen molar-refractivity contribution in [1.82, 2.24) is 0 Å². The van der Waals surface area contributed by atoms with Gasteiger partial charge in [0.15, 0.2) is 0 Å². The Balaban J connectivity index is 2.66. The van der Waals surface area contributed by atoms with E-state index in [2.05, 4.69) is 6.58 Å². The Morgan fingerprint density at radius 2 is 2.06 bits per heavy atom. The Morgan fingerprint density at radius 1 is 1.44 bits per heavy atom. The molecule has 1 aromatic carbocycles. The first-order chi connectivity index (χ1) is 7.67. The summed E-state index contributed by atoms with van der Waals surface area (Å²) in [6.45, 7) is 7.63. The zero-order chi connectivity index (χ0) is 12.0. The van der Waals surface area contributed by atoms with Gasteiger partial charge in [-0.1, -0.05) is 25.1 Å². The quantitative estimate of drug-likeness (QED) is 0.558. The van der Waals surface area contributed by atoms with Gasteiger partial charge in [0.25, 0.3) is 0 Å². The van der Waals surface area contributed by atoms with Crippen LogP contribution >= 0.6 is 8.03 Å². The third-order valence-electron chi connectivity index (χ3n) is 2.38. The lowest BCUT2D eigenvalue weighted by Crippen LogP contribution is -2.05. The molecule has 0 aliphatic rings. The molecule has 0 saturated carbocycles. The SMILES string of the molecule is C=CCc1ccc([P+](=O)OC(C)CC)cc1. The minimum Gasteiger partial charge on any atom is -0.139 e. The van der Waals surface area contributed by atoms with Gasteiger partial charge in [0.05, 0.1) is 0 Å². The fourth-order valence-corrected chi connectivity index (χ4v) is 2.21. The maximum Gasteiger partial charge on any atom is 0.548 e. The van der Waals surface area contributed by atoms with Crippen LogP contribution in [0.15, 0.2) is 36.9 Å². The Labute approximate surface area is 98.2 Å². The average Bonchev–Trinajstić information content (AvgIpc) is 2.30. The summed E-state index contributed by atoms with van der Waals surface area (Å²) in [7, 11) is -1.72. The van der Waals surface area contributed by atoms with E-state index in [-0.39, 0.29) is 6.10 Å². The fourth-order valence-electron chi connectivity index (χ4n) is 1.22. The van der Waals surface area contributed by atoms with Gasteiger partial charge in [0.2, 0.25) is 5.30 Å². The lowest BCUT2D eigenvalue weighted by atomic mass is 10.2. The summed E-state index contributed by atoms with van der Waals surface area (Å²) in [5, 5.41) is 0.753. The summed E-state index contributed by atoms with van der Waals surface area (Å²) in [6, 6.07) is 7.65. The second-order valence-corrected chi connectivity index (χ2v) is 4.98. The van der Waals surface area contributed by atoms with Crippen molar-refractivity contribution in [2.45, 2.75) is 32.8 Å². The van der Waals surface area contributed by atoms with E-state index in [0.717, 1.165) is 18.1 Å². The second kappa shape index (κ2) is 6.57. The van der Waals surface area contributed by atoms with Crippen LogP contribution in [0, 0.1) is 0 Å². The summed E-state index contributed by atoms with van der Waals surface area (Å²) in [4.78, 5) is 0. The number of hydrogen-bond acceptors (Lipinski definition) is 2. The molecular weight excluding hydrogens is 219 g/mol. The Morgan fingerprint density at radius 3 is 2.56 bits per heavy atom. The third kappa shape index (κ3) is 3.88. The minimum atomic E-state index is -1.72. The van der Waals surface area contributed by atoms with E-state index in [1.54, 1.807) is 0 Å². The average molecular weight is 237 g/mol. The molecule has 0 fully saturated rings. The Bertz CT molecular complexity index is 357. The van der Waals surface area contributed by atoms with Crippen LogP contribution in [-0.4, -0.2) is 6.10 Å². The maximum atomic E-state index is 11.8. The molecule has 0 spiro atoms. The van der Waals surface area contributed by atoms with E-state index in [0.29, 0.717) is 0 Å². The van der Waals surface area contributed by atoms with Gasteiger partial charge >= 0.3 is 8.03 Å². The van der Waals surface area contributed by atoms with Gasteiger partial charge in [-0.2, -0.15) is 0 Å². The van der Waals surface area contributed by atoms with E-state index >= 15 is 0 Å². The van der Waals surface area contributed by atoms with Crippen molar-refractivity contribution in [3.8, 4) is 0 Å². The first kappa shape index (κ1) is 13.1. The van der Waals surface area contributed by atoms with Gasteiger partial charge in [0, 0.05) is 0 Å². The Hall–Kier alpha value is -0.980. The number of hydrogen-bond donors (Lipinski definition) is 0. The van der Waals surface area contributed by atoms with Crippen molar-refractivity contribution in [3.63, 3.8) is 0 Å². The molecule has 0 radical (unpaired) electrons. The topological polar surface area (TPSA) is 26.3 Å². The minimum absolute atomic E-state index is 0.0384. The van der Waals surface area contributed by atoms with Crippen LogP contribution in [0.2, 0.25) is 0 Å². The van der Waals surface area contributed by atoms with Gasteiger partial charge in [-0.05, 0) is 42.0 Å². The van der Waals surface area contributed by atoms with Crippen LogP contribution in [0.4, 0.5) is 0 Å². The van der Waals surface area contributed by atoms with E-state index in [1.165, 1.54) is 5.56 Å². The highest BCUT2D eigenvalue weighted by Gasteiger charge is 2.24. The molecule has 3 heteroatoms. The summed E-state index contributed by atoms with van der Waals surface area (Å²) in [5.41, 5.74) is 1.17. The van der Waals surface area contributed by atoms with Crippen molar-refractivity contribution in [1.29, 1.82) is 0 Å². The third-order valence-corrected chi connectivity index (χ3v) is 3.65. The second-order valence-electron chi connectivity index (χ2n) is 3.74. The van der Waals surface area contributed by atoms with E-state index in [4.69, 9.17) is 4.52 Å². The van der Waals surface area contributed by atoms with Crippen LogP contribution in [0.25, 0.3) is 0 Å². The highest BCUT2D eigenvalue weighted by Crippen LogP contribution is 2.24. The molecule has 2 atom stereocenters. The summed E-state index contributed by atoms with van der Waals surface area (Å²) in [5.74, 6) is 0. The molecule has 0 aliphatic carbocycles. The van der Waals surface area contributed by atoms with Crippen LogP contribution in [0.3, 0.4) is 0 Å². The molecule has 0 aliphatic heterocycles. The van der Waals surface area contributed by atoms with E-state index in [9.17, 15) is 4.57 Å². The number of rotatable bonds is 6. The van der Waals surface area contributed by atoms with Gasteiger partial charge < -0.3 is 0 Å². The van der Waals surface area contributed by atoms with Crippen molar-refractivity contribution < 1.29 is 9.09 Å². The summed E-state index contributed by atoms with van der Waals surface area (Å²) in [6.07, 6.45) is 3.60. The lowest BCUT2D eigenvalue weighted by molar-refractivity contribution is 0.235. The van der Waals surface area contributed by atoms with Crippen molar-refractivity contribution in [3.05, 3.63) is 42.5 Å². The molecular formula is C13H18O2P+. The predicted molar refractivity (Wildman–Crippen MR) is 68.4 cm³/mol. The molecule has 0 saturated heterocycles. The molecule has 0 aromatic heterocycles.